The van der Waals surface area contributed by atoms with Gasteiger partial charge in [0, 0.05) is 22.2 Å². The summed E-state index contributed by atoms with van der Waals surface area (Å²) in [5, 5.41) is 0. The molecular weight excluding hydrogens is 388 g/mol. The standard InChI is InChI=1S/C22H25BrN2O/c1-13-8-9-17(23)12-18(13)21(19-7-5-6-10-24-19)25-16(4)22(26)20-14(2)11-15(20)3/h5-10,12,14-16,20H,11H2,1-4H3/b25-21+. The van der Waals surface area contributed by atoms with Crippen LogP contribution in [0.3, 0.4) is 0 Å². The van der Waals surface area contributed by atoms with Gasteiger partial charge in [0.25, 0.3) is 0 Å². The van der Waals surface area contributed by atoms with Gasteiger partial charge in [-0.05, 0) is 61.9 Å². The van der Waals surface area contributed by atoms with E-state index in [2.05, 4.69) is 53.8 Å². The summed E-state index contributed by atoms with van der Waals surface area (Å²) in [6, 6.07) is 11.5. The number of benzene rings is 1. The molecule has 1 saturated carbocycles. The Kier molecular flexibility index (Phi) is 5.71. The zero-order valence-electron chi connectivity index (χ0n) is 15.7. The van der Waals surface area contributed by atoms with Crippen molar-refractivity contribution in [2.75, 3.05) is 0 Å². The highest BCUT2D eigenvalue weighted by Gasteiger charge is 2.41. The fourth-order valence-corrected chi connectivity index (χ4v) is 4.33. The van der Waals surface area contributed by atoms with Gasteiger partial charge in [-0.25, -0.2) is 0 Å². The summed E-state index contributed by atoms with van der Waals surface area (Å²) in [5.74, 6) is 1.29. The number of carbonyl (C=O) groups excluding carboxylic acids is 1. The van der Waals surface area contributed by atoms with Crippen molar-refractivity contribution in [3.8, 4) is 0 Å². The summed E-state index contributed by atoms with van der Waals surface area (Å²) in [5.41, 5.74) is 3.70. The molecule has 0 amide bonds. The second kappa shape index (κ2) is 7.83. The van der Waals surface area contributed by atoms with Gasteiger partial charge in [0.2, 0.25) is 0 Å². The molecule has 1 aromatic carbocycles. The van der Waals surface area contributed by atoms with Crippen molar-refractivity contribution in [3.63, 3.8) is 0 Å². The topological polar surface area (TPSA) is 42.3 Å². The van der Waals surface area contributed by atoms with Crippen molar-refractivity contribution >= 4 is 27.4 Å². The number of pyridine rings is 1. The van der Waals surface area contributed by atoms with Gasteiger partial charge < -0.3 is 0 Å². The molecule has 0 bridgehead atoms. The summed E-state index contributed by atoms with van der Waals surface area (Å²) in [6.45, 7) is 8.30. The van der Waals surface area contributed by atoms with Crippen LogP contribution < -0.4 is 0 Å². The number of aliphatic imine (C=N–C) groups is 1. The number of hydrogen-bond donors (Lipinski definition) is 0. The maximum atomic E-state index is 13.0. The molecule has 1 aliphatic rings. The SMILES string of the molecule is Cc1ccc(Br)cc1/C(=N\C(C)C(=O)C1C(C)CC1C)c1ccccn1. The van der Waals surface area contributed by atoms with Crippen LogP contribution in [0.4, 0.5) is 0 Å². The first-order valence-corrected chi connectivity index (χ1v) is 9.97. The fourth-order valence-electron chi connectivity index (χ4n) is 3.97. The van der Waals surface area contributed by atoms with Crippen molar-refractivity contribution < 1.29 is 4.79 Å². The summed E-state index contributed by atoms with van der Waals surface area (Å²) >= 11 is 3.55. The Morgan fingerprint density at radius 1 is 1.23 bits per heavy atom. The summed E-state index contributed by atoms with van der Waals surface area (Å²) < 4.78 is 0.988. The lowest BCUT2D eigenvalue weighted by molar-refractivity contribution is -0.131. The van der Waals surface area contributed by atoms with E-state index in [1.165, 1.54) is 0 Å². The van der Waals surface area contributed by atoms with Crippen molar-refractivity contribution in [2.45, 2.75) is 40.2 Å². The molecule has 136 valence electrons. The van der Waals surface area contributed by atoms with Crippen LogP contribution in [0.1, 0.15) is 44.0 Å². The Bertz CT molecular complexity index is 823. The highest BCUT2D eigenvalue weighted by molar-refractivity contribution is 9.10. The molecule has 3 nitrogen and oxygen atoms in total. The number of hydrogen-bond acceptors (Lipinski definition) is 3. The first-order valence-electron chi connectivity index (χ1n) is 9.18. The zero-order valence-corrected chi connectivity index (χ0v) is 17.3. The predicted octanol–water partition coefficient (Wildman–Crippen LogP) is 5.24. The molecule has 0 aliphatic heterocycles. The first-order chi connectivity index (χ1) is 12.4. The lowest BCUT2D eigenvalue weighted by atomic mass is 9.64. The Balaban J connectivity index is 2.02. The largest absolute Gasteiger partial charge is 0.297 e. The number of rotatable bonds is 5. The van der Waals surface area contributed by atoms with Gasteiger partial charge in [0.1, 0.15) is 6.04 Å². The highest BCUT2D eigenvalue weighted by Crippen LogP contribution is 2.41. The molecule has 2 aromatic rings. The van der Waals surface area contributed by atoms with Crippen molar-refractivity contribution in [1.82, 2.24) is 4.98 Å². The van der Waals surface area contributed by atoms with Crippen LogP contribution in [-0.2, 0) is 4.79 Å². The molecule has 0 radical (unpaired) electrons. The minimum atomic E-state index is -0.374. The molecule has 4 heteroatoms. The molecular formula is C22H25BrN2O. The molecule has 3 rings (SSSR count). The lowest BCUT2D eigenvalue weighted by Gasteiger charge is -2.40. The molecule has 0 saturated heterocycles. The van der Waals surface area contributed by atoms with E-state index < -0.39 is 0 Å². The Morgan fingerprint density at radius 3 is 2.58 bits per heavy atom. The second-order valence-corrected chi connectivity index (χ2v) is 8.36. The van der Waals surface area contributed by atoms with Crippen LogP contribution in [0.15, 0.2) is 52.1 Å². The fraction of sp³-hybridized carbons (Fsp3) is 0.409. The summed E-state index contributed by atoms with van der Waals surface area (Å²) in [4.78, 5) is 22.3. The van der Waals surface area contributed by atoms with E-state index in [9.17, 15) is 4.79 Å². The number of ketones is 1. The van der Waals surface area contributed by atoms with E-state index in [-0.39, 0.29) is 17.7 Å². The van der Waals surface area contributed by atoms with Crippen LogP contribution in [0.25, 0.3) is 0 Å². The Morgan fingerprint density at radius 2 is 1.96 bits per heavy atom. The first kappa shape index (κ1) is 19.0. The summed E-state index contributed by atoms with van der Waals surface area (Å²) in [7, 11) is 0. The third-order valence-electron chi connectivity index (χ3n) is 5.39. The minimum Gasteiger partial charge on any atom is -0.297 e. The molecule has 1 aromatic heterocycles. The van der Waals surface area contributed by atoms with Crippen LogP contribution in [0.2, 0.25) is 0 Å². The average molecular weight is 413 g/mol. The number of carbonyl (C=O) groups is 1. The maximum Gasteiger partial charge on any atom is 0.160 e. The Labute approximate surface area is 164 Å². The van der Waals surface area contributed by atoms with Crippen LogP contribution in [0.5, 0.6) is 0 Å². The average Bonchev–Trinajstić information content (AvgIpc) is 2.62. The third kappa shape index (κ3) is 3.80. The van der Waals surface area contributed by atoms with Crippen LogP contribution in [0, 0.1) is 24.7 Å². The van der Waals surface area contributed by atoms with Crippen molar-refractivity contribution in [3.05, 3.63) is 63.9 Å². The van der Waals surface area contributed by atoms with Crippen molar-refractivity contribution in [1.29, 1.82) is 0 Å². The van der Waals surface area contributed by atoms with E-state index in [1.54, 1.807) is 6.20 Å². The molecule has 0 spiro atoms. The van der Waals surface area contributed by atoms with Gasteiger partial charge in [0.15, 0.2) is 5.78 Å². The van der Waals surface area contributed by atoms with Gasteiger partial charge in [-0.2, -0.15) is 0 Å². The third-order valence-corrected chi connectivity index (χ3v) is 5.89. The molecule has 1 fully saturated rings. The minimum absolute atomic E-state index is 0.127. The number of nitrogens with zero attached hydrogens (tertiary/aromatic N) is 2. The Hall–Kier alpha value is -1.81. The highest BCUT2D eigenvalue weighted by atomic mass is 79.9. The van der Waals surface area contributed by atoms with Crippen LogP contribution >= 0.6 is 15.9 Å². The van der Waals surface area contributed by atoms with Gasteiger partial charge in [0.05, 0.1) is 11.4 Å². The zero-order chi connectivity index (χ0) is 18.8. The van der Waals surface area contributed by atoms with Gasteiger partial charge in [-0.1, -0.05) is 41.9 Å². The quantitative estimate of drug-likeness (QED) is 0.630. The van der Waals surface area contributed by atoms with E-state index in [0.717, 1.165) is 33.4 Å². The normalized spacial score (nSPS) is 24.0. The molecule has 1 aliphatic carbocycles. The van der Waals surface area contributed by atoms with Crippen molar-refractivity contribution in [2.24, 2.45) is 22.7 Å². The van der Waals surface area contributed by atoms with E-state index in [0.29, 0.717) is 11.8 Å². The smallest absolute Gasteiger partial charge is 0.160 e. The summed E-state index contributed by atoms with van der Waals surface area (Å²) in [6.07, 6.45) is 2.89. The molecule has 1 heterocycles. The van der Waals surface area contributed by atoms with Gasteiger partial charge in [-0.3, -0.25) is 14.8 Å². The lowest BCUT2D eigenvalue weighted by Crippen LogP contribution is -2.42. The maximum absolute atomic E-state index is 13.0. The van der Waals surface area contributed by atoms with E-state index >= 15 is 0 Å². The van der Waals surface area contributed by atoms with Gasteiger partial charge >= 0.3 is 0 Å². The molecule has 26 heavy (non-hydrogen) atoms. The molecule has 3 unspecified atom stereocenters. The van der Waals surface area contributed by atoms with Crippen LogP contribution in [-0.4, -0.2) is 22.5 Å². The molecule has 0 N–H and O–H groups in total. The number of halogens is 1. The van der Waals surface area contributed by atoms with Gasteiger partial charge in [-0.15, -0.1) is 0 Å². The second-order valence-electron chi connectivity index (χ2n) is 7.45. The van der Waals surface area contributed by atoms with E-state index in [1.807, 2.05) is 31.2 Å². The number of aromatic nitrogens is 1. The molecule has 3 atom stereocenters. The number of Topliss-reactive ketones (excluding diaryl/α,β-unsaturated/α-hetero) is 1. The monoisotopic (exact) mass is 412 g/mol. The predicted molar refractivity (Wildman–Crippen MR) is 110 cm³/mol. The van der Waals surface area contributed by atoms with E-state index in [4.69, 9.17) is 4.99 Å². The number of aryl methyl sites for hydroxylation is 1.